The average Bonchev–Trinajstić information content (AvgIpc) is 3.10. The minimum Gasteiger partial charge on any atom is -0.453 e. The van der Waals surface area contributed by atoms with Crippen LogP contribution in [-0.4, -0.2) is 23.0 Å². The lowest BCUT2D eigenvalue weighted by Gasteiger charge is -2.09. The number of aromatic nitrogens is 2. The summed E-state index contributed by atoms with van der Waals surface area (Å²) in [5.74, 6) is -1.38. The van der Waals surface area contributed by atoms with Crippen LogP contribution in [0.5, 0.6) is 0 Å². The molecule has 0 saturated carbocycles. The van der Waals surface area contributed by atoms with Gasteiger partial charge in [0.25, 0.3) is 0 Å². The number of ether oxygens (including phenoxy) is 1. The molecular formula is C19H17F2N3O2. The Labute approximate surface area is 149 Å². The molecule has 0 bridgehead atoms. The average molecular weight is 357 g/mol. The lowest BCUT2D eigenvalue weighted by molar-refractivity contribution is 0.170. The first-order valence-electron chi connectivity index (χ1n) is 7.91. The van der Waals surface area contributed by atoms with Crippen molar-refractivity contribution >= 4 is 6.09 Å². The molecule has 7 heteroatoms. The number of hydrogen-bond acceptors (Lipinski definition) is 3. The largest absolute Gasteiger partial charge is 0.453 e. The number of amides is 1. The van der Waals surface area contributed by atoms with E-state index in [4.69, 9.17) is 0 Å². The van der Waals surface area contributed by atoms with Gasteiger partial charge in [-0.15, -0.1) is 0 Å². The number of benzene rings is 2. The summed E-state index contributed by atoms with van der Waals surface area (Å²) in [5, 5.41) is 6.91. The summed E-state index contributed by atoms with van der Waals surface area (Å²) in [6.45, 7) is 2.22. The summed E-state index contributed by atoms with van der Waals surface area (Å²) in [6.07, 6.45) is 0.984. The van der Waals surface area contributed by atoms with Crippen molar-refractivity contribution in [2.75, 3.05) is 7.11 Å². The third-order valence-corrected chi connectivity index (χ3v) is 4.01. The van der Waals surface area contributed by atoms with Gasteiger partial charge < -0.3 is 10.1 Å². The van der Waals surface area contributed by atoms with Gasteiger partial charge in [-0.1, -0.05) is 18.2 Å². The zero-order valence-corrected chi connectivity index (χ0v) is 14.3. The monoisotopic (exact) mass is 357 g/mol. The number of methoxy groups -OCH3 is 1. The molecule has 5 nitrogen and oxygen atoms in total. The molecule has 1 amide bonds. The fourth-order valence-electron chi connectivity index (χ4n) is 2.57. The second kappa shape index (κ2) is 7.35. The van der Waals surface area contributed by atoms with E-state index in [1.54, 1.807) is 6.07 Å². The summed E-state index contributed by atoms with van der Waals surface area (Å²) in [4.78, 5) is 11.3. The van der Waals surface area contributed by atoms with E-state index < -0.39 is 17.7 Å². The maximum absolute atomic E-state index is 13.9. The van der Waals surface area contributed by atoms with Crippen molar-refractivity contribution in [2.24, 2.45) is 0 Å². The van der Waals surface area contributed by atoms with Gasteiger partial charge in [0, 0.05) is 18.3 Å². The first-order chi connectivity index (χ1) is 12.5. The van der Waals surface area contributed by atoms with Gasteiger partial charge in [-0.3, -0.25) is 0 Å². The number of hydrogen-bond donors (Lipinski definition) is 1. The van der Waals surface area contributed by atoms with Crippen molar-refractivity contribution in [3.05, 3.63) is 71.4 Å². The van der Waals surface area contributed by atoms with E-state index in [9.17, 15) is 13.6 Å². The zero-order chi connectivity index (χ0) is 18.7. The van der Waals surface area contributed by atoms with Gasteiger partial charge in [-0.05, 0) is 42.3 Å². The molecular weight excluding hydrogens is 340 g/mol. The molecule has 0 aliphatic heterocycles. The molecule has 0 fully saturated rings. The van der Waals surface area contributed by atoms with Crippen LogP contribution in [0, 0.1) is 18.6 Å². The zero-order valence-electron chi connectivity index (χ0n) is 14.3. The van der Waals surface area contributed by atoms with Crippen molar-refractivity contribution in [3.63, 3.8) is 0 Å². The first-order valence-corrected chi connectivity index (χ1v) is 7.91. The highest BCUT2D eigenvalue weighted by Crippen LogP contribution is 2.23. The predicted octanol–water partition coefficient (Wildman–Crippen LogP) is 3.98. The van der Waals surface area contributed by atoms with Crippen molar-refractivity contribution in [1.82, 2.24) is 15.1 Å². The molecule has 26 heavy (non-hydrogen) atoms. The number of carbonyl (C=O) groups is 1. The molecule has 0 aliphatic rings. The van der Waals surface area contributed by atoms with Crippen LogP contribution in [-0.2, 0) is 11.3 Å². The normalized spacial score (nSPS) is 10.6. The van der Waals surface area contributed by atoms with E-state index in [1.165, 1.54) is 36.2 Å². The quantitative estimate of drug-likeness (QED) is 0.768. The second-order valence-corrected chi connectivity index (χ2v) is 5.70. The van der Waals surface area contributed by atoms with Crippen LogP contribution >= 0.6 is 0 Å². The van der Waals surface area contributed by atoms with E-state index >= 15 is 0 Å². The maximum Gasteiger partial charge on any atom is 0.407 e. The van der Waals surface area contributed by atoms with Gasteiger partial charge in [0.05, 0.1) is 12.8 Å². The van der Waals surface area contributed by atoms with Crippen molar-refractivity contribution in [3.8, 4) is 16.9 Å². The smallest absolute Gasteiger partial charge is 0.407 e. The lowest BCUT2D eigenvalue weighted by atomic mass is 10.0. The first kappa shape index (κ1) is 17.6. The van der Waals surface area contributed by atoms with E-state index in [-0.39, 0.29) is 5.69 Å². The number of aryl methyl sites for hydroxylation is 1. The number of nitrogens with zero attached hydrogens (tertiary/aromatic N) is 2. The molecule has 0 spiro atoms. The van der Waals surface area contributed by atoms with Crippen LogP contribution in [0.2, 0.25) is 0 Å². The fourth-order valence-corrected chi connectivity index (χ4v) is 2.57. The van der Waals surface area contributed by atoms with Crippen molar-refractivity contribution in [2.45, 2.75) is 13.5 Å². The van der Waals surface area contributed by atoms with Crippen LogP contribution in [0.15, 0.2) is 48.7 Å². The Hall–Kier alpha value is -3.22. The van der Waals surface area contributed by atoms with Gasteiger partial charge in [0.1, 0.15) is 5.69 Å². The number of alkyl carbamates (subject to hydrolysis) is 1. The maximum atomic E-state index is 13.9. The summed E-state index contributed by atoms with van der Waals surface area (Å²) in [6, 6.07) is 11.0. The molecule has 0 aliphatic carbocycles. The molecule has 0 radical (unpaired) electrons. The number of carbonyl (C=O) groups excluding carboxylic acids is 1. The van der Waals surface area contributed by atoms with Crippen LogP contribution in [0.1, 0.15) is 11.1 Å². The molecule has 3 rings (SSSR count). The lowest BCUT2D eigenvalue weighted by Crippen LogP contribution is -2.22. The number of rotatable bonds is 4. The minimum absolute atomic E-state index is 0.224. The van der Waals surface area contributed by atoms with Crippen LogP contribution in [0.25, 0.3) is 16.9 Å². The van der Waals surface area contributed by atoms with Gasteiger partial charge in [-0.25, -0.2) is 18.3 Å². The van der Waals surface area contributed by atoms with Crippen LogP contribution in [0.3, 0.4) is 0 Å². The van der Waals surface area contributed by atoms with Gasteiger partial charge in [0.15, 0.2) is 11.6 Å². The van der Waals surface area contributed by atoms with Gasteiger partial charge in [-0.2, -0.15) is 5.10 Å². The highest BCUT2D eigenvalue weighted by atomic mass is 19.1. The topological polar surface area (TPSA) is 56.1 Å². The van der Waals surface area contributed by atoms with E-state index in [2.05, 4.69) is 15.2 Å². The minimum atomic E-state index is -0.688. The Balaban J connectivity index is 1.91. The molecule has 0 saturated heterocycles. The molecule has 2 aromatic carbocycles. The van der Waals surface area contributed by atoms with Crippen molar-refractivity contribution < 1.29 is 18.3 Å². The molecule has 1 aromatic heterocycles. The highest BCUT2D eigenvalue weighted by Gasteiger charge is 2.13. The second-order valence-electron chi connectivity index (χ2n) is 5.70. The Kier molecular flexibility index (Phi) is 4.97. The predicted molar refractivity (Wildman–Crippen MR) is 92.9 cm³/mol. The van der Waals surface area contributed by atoms with E-state index in [1.807, 2.05) is 25.1 Å². The third kappa shape index (κ3) is 3.56. The van der Waals surface area contributed by atoms with Crippen molar-refractivity contribution in [1.29, 1.82) is 0 Å². The van der Waals surface area contributed by atoms with Gasteiger partial charge >= 0.3 is 6.09 Å². The standard InChI is InChI=1S/C19H17F2N3O2/c1-12-6-7-13(10-14(12)11-22-19(25)26-2)17-8-9-24(23-17)18-15(20)4-3-5-16(18)21/h3-10H,11H2,1-2H3,(H,22,25). The SMILES string of the molecule is COC(=O)NCc1cc(-c2ccn(-c3c(F)cccc3F)n2)ccc1C. The number of para-hydroxylation sites is 1. The third-order valence-electron chi connectivity index (χ3n) is 4.01. The molecule has 0 unspecified atom stereocenters. The molecule has 3 aromatic rings. The number of halogens is 2. The molecule has 0 atom stereocenters. The molecule has 134 valence electrons. The van der Waals surface area contributed by atoms with E-state index in [0.717, 1.165) is 16.7 Å². The Bertz CT molecular complexity index is 933. The van der Waals surface area contributed by atoms with E-state index in [0.29, 0.717) is 12.2 Å². The summed E-state index contributed by atoms with van der Waals surface area (Å²) in [5.41, 5.74) is 2.99. The number of nitrogens with one attached hydrogen (secondary N) is 1. The Morgan fingerprint density at radius 2 is 1.92 bits per heavy atom. The Morgan fingerprint density at radius 1 is 1.19 bits per heavy atom. The highest BCUT2D eigenvalue weighted by molar-refractivity contribution is 5.67. The summed E-state index contributed by atoms with van der Waals surface area (Å²) >= 11 is 0. The van der Waals surface area contributed by atoms with Gasteiger partial charge in [0.2, 0.25) is 0 Å². The Morgan fingerprint density at radius 3 is 2.62 bits per heavy atom. The fraction of sp³-hybridized carbons (Fsp3) is 0.158. The molecule has 1 heterocycles. The van der Waals surface area contributed by atoms with Crippen LogP contribution in [0.4, 0.5) is 13.6 Å². The van der Waals surface area contributed by atoms with Crippen LogP contribution < -0.4 is 5.32 Å². The summed E-state index contributed by atoms with van der Waals surface area (Å²) in [7, 11) is 1.30. The molecule has 1 N–H and O–H groups in total. The summed E-state index contributed by atoms with van der Waals surface area (Å²) < 4.78 is 33.6.